The lowest BCUT2D eigenvalue weighted by Gasteiger charge is -2.28. The lowest BCUT2D eigenvalue weighted by atomic mass is 9.76. The SMILES string of the molecule is CC[C@@H](C)N1C(=O)[C@@H]2[C@H](Cc3ccccc3)[NH2+][C@@]3(C(=O)Nc4ccc(F)cc43)[C@@H]2C1=O. The van der Waals surface area contributed by atoms with Gasteiger partial charge in [-0.3, -0.25) is 19.3 Å². The third-order valence-corrected chi connectivity index (χ3v) is 7.21. The average molecular weight is 422 g/mol. The van der Waals surface area contributed by atoms with Crippen LogP contribution in [0.1, 0.15) is 31.4 Å². The van der Waals surface area contributed by atoms with Crippen LogP contribution in [0.4, 0.5) is 10.1 Å². The Balaban J connectivity index is 1.66. The van der Waals surface area contributed by atoms with Crippen molar-refractivity contribution in [2.45, 2.75) is 44.3 Å². The van der Waals surface area contributed by atoms with Gasteiger partial charge in [0, 0.05) is 18.0 Å². The molecule has 2 aromatic carbocycles. The summed E-state index contributed by atoms with van der Waals surface area (Å²) in [5, 5.41) is 4.68. The Morgan fingerprint density at radius 1 is 1.13 bits per heavy atom. The molecule has 3 amide bonds. The summed E-state index contributed by atoms with van der Waals surface area (Å²) in [6.45, 7) is 3.78. The standard InChI is InChI=1S/C24H24FN3O3/c1-3-13(2)28-21(29)19-18(11-14-7-5-4-6-8-14)27-24(20(19)22(28)30)16-12-15(25)9-10-17(16)26-23(24)31/h4-10,12-13,18-20,27H,3,11H2,1-2H3,(H,26,31)/p+1/t13-,18+,19-,20+,24-/m1/s1. The lowest BCUT2D eigenvalue weighted by Crippen LogP contribution is -2.99. The molecule has 0 unspecified atom stereocenters. The maximum Gasteiger partial charge on any atom is 0.291 e. The third kappa shape index (κ3) is 2.69. The molecule has 2 aromatic rings. The molecule has 3 aliphatic rings. The van der Waals surface area contributed by atoms with Crippen molar-refractivity contribution in [2.75, 3.05) is 5.32 Å². The van der Waals surface area contributed by atoms with E-state index < -0.39 is 23.2 Å². The van der Waals surface area contributed by atoms with Gasteiger partial charge in [-0.2, -0.15) is 0 Å². The van der Waals surface area contributed by atoms with Gasteiger partial charge in [0.15, 0.2) is 0 Å². The minimum absolute atomic E-state index is 0.226. The highest BCUT2D eigenvalue weighted by Gasteiger charge is 2.74. The van der Waals surface area contributed by atoms with Gasteiger partial charge in [0.25, 0.3) is 5.91 Å². The van der Waals surface area contributed by atoms with Crippen molar-refractivity contribution in [3.05, 3.63) is 65.5 Å². The Morgan fingerprint density at radius 3 is 2.58 bits per heavy atom. The van der Waals surface area contributed by atoms with Gasteiger partial charge in [-0.15, -0.1) is 0 Å². The minimum atomic E-state index is -1.34. The first-order valence-corrected chi connectivity index (χ1v) is 10.8. The fraction of sp³-hybridized carbons (Fsp3) is 0.375. The Bertz CT molecular complexity index is 1090. The predicted octanol–water partition coefficient (Wildman–Crippen LogP) is 1.56. The van der Waals surface area contributed by atoms with Crippen molar-refractivity contribution >= 4 is 23.4 Å². The van der Waals surface area contributed by atoms with Crippen LogP contribution >= 0.6 is 0 Å². The zero-order chi connectivity index (χ0) is 21.9. The summed E-state index contributed by atoms with van der Waals surface area (Å²) in [6.07, 6.45) is 1.17. The number of nitrogens with one attached hydrogen (secondary N) is 1. The average Bonchev–Trinajstić information content (AvgIpc) is 3.33. The molecular weight excluding hydrogens is 397 g/mol. The Hall–Kier alpha value is -3.06. The molecule has 0 saturated carbocycles. The number of anilines is 1. The Kier molecular flexibility index (Phi) is 4.48. The first kappa shape index (κ1) is 19.9. The van der Waals surface area contributed by atoms with Crippen LogP contribution in [0.25, 0.3) is 0 Å². The number of rotatable bonds is 4. The van der Waals surface area contributed by atoms with Gasteiger partial charge in [0.2, 0.25) is 17.4 Å². The van der Waals surface area contributed by atoms with Gasteiger partial charge < -0.3 is 10.6 Å². The normalized spacial score (nSPS) is 30.0. The van der Waals surface area contributed by atoms with E-state index in [1.54, 1.807) is 0 Å². The van der Waals surface area contributed by atoms with E-state index in [0.717, 1.165) is 5.56 Å². The zero-order valence-corrected chi connectivity index (χ0v) is 17.5. The number of halogens is 1. The van der Waals surface area contributed by atoms with E-state index in [2.05, 4.69) is 5.32 Å². The summed E-state index contributed by atoms with van der Waals surface area (Å²) in [7, 11) is 0. The van der Waals surface area contributed by atoms with Gasteiger partial charge >= 0.3 is 0 Å². The van der Waals surface area contributed by atoms with Crippen LogP contribution < -0.4 is 10.6 Å². The second-order valence-corrected chi connectivity index (χ2v) is 8.84. The summed E-state index contributed by atoms with van der Waals surface area (Å²) in [4.78, 5) is 41.8. The van der Waals surface area contributed by atoms with Crippen LogP contribution in [-0.4, -0.2) is 34.7 Å². The molecule has 7 heteroatoms. The molecule has 2 fully saturated rings. The van der Waals surface area contributed by atoms with E-state index >= 15 is 0 Å². The Labute approximate surface area is 179 Å². The minimum Gasteiger partial charge on any atom is -0.326 e. The molecular formula is C24H25FN3O3+. The Morgan fingerprint density at radius 2 is 1.87 bits per heavy atom. The number of quaternary nitrogens is 1. The number of carbonyl (C=O) groups is 3. The van der Waals surface area contributed by atoms with Crippen molar-refractivity contribution in [3.63, 3.8) is 0 Å². The van der Waals surface area contributed by atoms with Crippen LogP contribution in [-0.2, 0) is 26.3 Å². The molecule has 31 heavy (non-hydrogen) atoms. The van der Waals surface area contributed by atoms with Crippen LogP contribution in [0.15, 0.2) is 48.5 Å². The topological polar surface area (TPSA) is 83.1 Å². The maximum absolute atomic E-state index is 14.2. The first-order chi connectivity index (χ1) is 14.9. The molecule has 3 aliphatic heterocycles. The fourth-order valence-electron chi connectivity index (χ4n) is 5.65. The maximum atomic E-state index is 14.2. The monoisotopic (exact) mass is 422 g/mol. The van der Waals surface area contributed by atoms with Gasteiger partial charge in [-0.05, 0) is 37.1 Å². The largest absolute Gasteiger partial charge is 0.326 e. The summed E-state index contributed by atoms with van der Waals surface area (Å²) in [5.41, 5.74) is 0.648. The lowest BCUT2D eigenvalue weighted by molar-refractivity contribution is -0.733. The number of carbonyl (C=O) groups excluding carboxylic acids is 3. The molecule has 5 rings (SSSR count). The molecule has 160 valence electrons. The molecule has 1 spiro atoms. The molecule has 0 aromatic heterocycles. The predicted molar refractivity (Wildman–Crippen MR) is 111 cm³/mol. The summed E-state index contributed by atoms with van der Waals surface area (Å²) in [6, 6.07) is 13.3. The number of fused-ring (bicyclic) bond motifs is 4. The molecule has 3 N–H and O–H groups in total. The number of imide groups is 1. The number of likely N-dealkylation sites (tertiary alicyclic amines) is 1. The van der Waals surface area contributed by atoms with Crippen molar-refractivity contribution in [1.29, 1.82) is 0 Å². The van der Waals surface area contributed by atoms with Crippen molar-refractivity contribution < 1.29 is 24.1 Å². The summed E-state index contributed by atoms with van der Waals surface area (Å²) >= 11 is 0. The van der Waals surface area contributed by atoms with Crippen LogP contribution in [0.3, 0.4) is 0 Å². The summed E-state index contributed by atoms with van der Waals surface area (Å²) < 4.78 is 14.2. The molecule has 0 bridgehead atoms. The number of nitrogens with two attached hydrogens (primary N) is 1. The van der Waals surface area contributed by atoms with Gasteiger partial charge in [0.05, 0.1) is 5.69 Å². The highest BCUT2D eigenvalue weighted by molar-refractivity contribution is 6.14. The number of amides is 3. The van der Waals surface area contributed by atoms with Crippen molar-refractivity contribution in [3.8, 4) is 0 Å². The van der Waals surface area contributed by atoms with Gasteiger partial charge in [-0.25, -0.2) is 4.39 Å². The van der Waals surface area contributed by atoms with E-state index in [0.29, 0.717) is 24.1 Å². The van der Waals surface area contributed by atoms with Gasteiger partial charge in [0.1, 0.15) is 23.7 Å². The van der Waals surface area contributed by atoms with Crippen molar-refractivity contribution in [1.82, 2.24) is 4.90 Å². The number of benzene rings is 2. The van der Waals surface area contributed by atoms with E-state index in [1.807, 2.05) is 49.5 Å². The molecule has 5 atom stereocenters. The van der Waals surface area contributed by atoms with Gasteiger partial charge in [-0.1, -0.05) is 37.3 Å². The second-order valence-electron chi connectivity index (χ2n) is 8.84. The van der Waals surface area contributed by atoms with E-state index in [4.69, 9.17) is 0 Å². The fourth-order valence-corrected chi connectivity index (χ4v) is 5.65. The number of hydrogen-bond acceptors (Lipinski definition) is 3. The number of hydrogen-bond donors (Lipinski definition) is 2. The first-order valence-electron chi connectivity index (χ1n) is 10.8. The highest BCUT2D eigenvalue weighted by Crippen LogP contribution is 2.50. The molecule has 3 heterocycles. The molecule has 0 radical (unpaired) electrons. The molecule has 0 aliphatic carbocycles. The van der Waals surface area contributed by atoms with Crippen LogP contribution in [0.2, 0.25) is 0 Å². The molecule has 2 saturated heterocycles. The van der Waals surface area contributed by atoms with E-state index in [-0.39, 0.29) is 29.8 Å². The third-order valence-electron chi connectivity index (χ3n) is 7.21. The van der Waals surface area contributed by atoms with Crippen LogP contribution in [0.5, 0.6) is 0 Å². The van der Waals surface area contributed by atoms with E-state index in [9.17, 15) is 18.8 Å². The molecule has 6 nitrogen and oxygen atoms in total. The highest BCUT2D eigenvalue weighted by atomic mass is 19.1. The van der Waals surface area contributed by atoms with Crippen LogP contribution in [0, 0.1) is 17.7 Å². The number of nitrogens with zero attached hydrogens (tertiary/aromatic N) is 1. The zero-order valence-electron chi connectivity index (χ0n) is 17.5. The van der Waals surface area contributed by atoms with E-state index in [1.165, 1.54) is 23.1 Å². The quantitative estimate of drug-likeness (QED) is 0.734. The summed E-state index contributed by atoms with van der Waals surface area (Å²) in [5.74, 6) is -2.88. The smallest absolute Gasteiger partial charge is 0.291 e. The van der Waals surface area contributed by atoms with Crippen molar-refractivity contribution in [2.24, 2.45) is 11.8 Å². The second kappa shape index (κ2) is 6.99.